The standard InChI is InChI=1S/C29H39N7O3/c1-30-16-17-32-29(38)23-12-14-24(15-13-23)36-25-6-4-3-5-7-26(28(25)34-35-36)39-20-27(37)33-19-22-10-8-21(9-11-22)18-31-2/h8-15,26,30-31H,3-7,16-20H2,1-2H3,(H,32,38)(H,33,37). The molecule has 1 aliphatic carbocycles. The Morgan fingerprint density at radius 3 is 2.36 bits per heavy atom. The van der Waals surface area contributed by atoms with E-state index in [0.29, 0.717) is 25.2 Å². The molecule has 0 aliphatic heterocycles. The molecular weight excluding hydrogens is 494 g/mol. The SMILES string of the molecule is CNCCNC(=O)c1ccc(-n2nnc3c2CCCCCC3OCC(=O)NCc2ccc(CNC)cc2)cc1. The average Bonchev–Trinajstić information content (AvgIpc) is 3.35. The Bertz CT molecular complexity index is 1210. The number of aromatic nitrogens is 3. The molecule has 10 heteroatoms. The molecule has 208 valence electrons. The average molecular weight is 534 g/mol. The third-order valence-corrected chi connectivity index (χ3v) is 6.82. The number of ether oxygens (including phenoxy) is 1. The molecule has 39 heavy (non-hydrogen) atoms. The Balaban J connectivity index is 1.37. The van der Waals surface area contributed by atoms with Crippen molar-refractivity contribution >= 4 is 11.8 Å². The highest BCUT2D eigenvalue weighted by Crippen LogP contribution is 2.30. The van der Waals surface area contributed by atoms with Crippen LogP contribution in [-0.2, 0) is 29.0 Å². The van der Waals surface area contributed by atoms with Gasteiger partial charge < -0.3 is 26.0 Å². The predicted octanol–water partition coefficient (Wildman–Crippen LogP) is 2.43. The molecule has 0 saturated carbocycles. The fourth-order valence-electron chi connectivity index (χ4n) is 4.67. The van der Waals surface area contributed by atoms with Gasteiger partial charge in [-0.3, -0.25) is 9.59 Å². The first-order valence-corrected chi connectivity index (χ1v) is 13.7. The van der Waals surface area contributed by atoms with E-state index in [1.807, 2.05) is 43.0 Å². The zero-order chi connectivity index (χ0) is 27.5. The fraction of sp³-hybridized carbons (Fsp3) is 0.448. The van der Waals surface area contributed by atoms with Crippen LogP contribution in [0.25, 0.3) is 5.69 Å². The maximum Gasteiger partial charge on any atom is 0.251 e. The molecule has 10 nitrogen and oxygen atoms in total. The van der Waals surface area contributed by atoms with Crippen molar-refractivity contribution in [1.29, 1.82) is 0 Å². The van der Waals surface area contributed by atoms with Crippen LogP contribution < -0.4 is 21.3 Å². The Morgan fingerprint density at radius 2 is 1.64 bits per heavy atom. The van der Waals surface area contributed by atoms with E-state index in [2.05, 4.69) is 43.7 Å². The Morgan fingerprint density at radius 1 is 0.897 bits per heavy atom. The van der Waals surface area contributed by atoms with Gasteiger partial charge in [-0.25, -0.2) is 4.68 Å². The molecule has 0 radical (unpaired) electrons. The second-order valence-electron chi connectivity index (χ2n) is 9.76. The van der Waals surface area contributed by atoms with Crippen molar-refractivity contribution in [2.75, 3.05) is 33.8 Å². The van der Waals surface area contributed by atoms with E-state index in [1.54, 1.807) is 12.1 Å². The van der Waals surface area contributed by atoms with Gasteiger partial charge in [-0.05, 0) is 68.8 Å². The van der Waals surface area contributed by atoms with Crippen molar-refractivity contribution in [3.8, 4) is 5.69 Å². The van der Waals surface area contributed by atoms with Gasteiger partial charge in [0.25, 0.3) is 5.91 Å². The van der Waals surface area contributed by atoms with Crippen LogP contribution in [0.1, 0.15) is 64.7 Å². The van der Waals surface area contributed by atoms with Crippen molar-refractivity contribution in [2.45, 2.75) is 51.3 Å². The number of likely N-dealkylation sites (N-methyl/N-ethyl adjacent to an activating group) is 1. The summed E-state index contributed by atoms with van der Waals surface area (Å²) in [7, 11) is 3.77. The summed E-state index contributed by atoms with van der Waals surface area (Å²) in [6.07, 6.45) is 4.44. The molecule has 4 rings (SSSR count). The number of rotatable bonds is 12. The van der Waals surface area contributed by atoms with Gasteiger partial charge >= 0.3 is 0 Å². The molecule has 1 aromatic heterocycles. The quantitative estimate of drug-likeness (QED) is 0.264. The highest BCUT2D eigenvalue weighted by molar-refractivity contribution is 5.94. The molecule has 1 unspecified atom stereocenters. The normalized spacial score (nSPS) is 15.2. The first kappa shape index (κ1) is 28.4. The number of hydrogen-bond acceptors (Lipinski definition) is 7. The van der Waals surface area contributed by atoms with E-state index in [-0.39, 0.29) is 24.5 Å². The predicted molar refractivity (Wildman–Crippen MR) is 150 cm³/mol. The lowest BCUT2D eigenvalue weighted by Crippen LogP contribution is -2.30. The summed E-state index contributed by atoms with van der Waals surface area (Å²) in [5.74, 6) is -0.267. The summed E-state index contributed by atoms with van der Waals surface area (Å²) in [5.41, 5.74) is 5.46. The van der Waals surface area contributed by atoms with E-state index in [0.717, 1.165) is 61.3 Å². The van der Waals surface area contributed by atoms with Crippen LogP contribution in [0.4, 0.5) is 0 Å². The molecule has 3 aromatic rings. The molecule has 0 bridgehead atoms. The molecular formula is C29H39N7O3. The second kappa shape index (κ2) is 14.5. The molecule has 1 aliphatic rings. The highest BCUT2D eigenvalue weighted by atomic mass is 16.5. The van der Waals surface area contributed by atoms with E-state index >= 15 is 0 Å². The smallest absolute Gasteiger partial charge is 0.251 e. The third kappa shape index (κ3) is 7.95. The number of nitrogens with zero attached hydrogens (tertiary/aromatic N) is 3. The molecule has 2 aromatic carbocycles. The van der Waals surface area contributed by atoms with Crippen LogP contribution in [0.15, 0.2) is 48.5 Å². The van der Waals surface area contributed by atoms with Crippen LogP contribution in [0.3, 0.4) is 0 Å². The summed E-state index contributed by atoms with van der Waals surface area (Å²) in [6, 6.07) is 15.5. The molecule has 2 amide bonds. The monoisotopic (exact) mass is 533 g/mol. The molecule has 0 fully saturated rings. The third-order valence-electron chi connectivity index (χ3n) is 6.82. The fourth-order valence-corrected chi connectivity index (χ4v) is 4.67. The Kier molecular flexibility index (Phi) is 10.6. The molecule has 0 saturated heterocycles. The van der Waals surface area contributed by atoms with Crippen LogP contribution in [-0.4, -0.2) is 60.6 Å². The number of benzene rings is 2. The van der Waals surface area contributed by atoms with Crippen LogP contribution in [0, 0.1) is 0 Å². The van der Waals surface area contributed by atoms with E-state index in [9.17, 15) is 9.59 Å². The summed E-state index contributed by atoms with van der Waals surface area (Å²) in [6.45, 7) is 2.51. The molecule has 0 spiro atoms. The molecule has 4 N–H and O–H groups in total. The number of nitrogens with one attached hydrogen (secondary N) is 4. The van der Waals surface area contributed by atoms with Gasteiger partial charge in [0.2, 0.25) is 5.91 Å². The number of carbonyl (C=O) groups is 2. The summed E-state index contributed by atoms with van der Waals surface area (Å²) >= 11 is 0. The second-order valence-corrected chi connectivity index (χ2v) is 9.76. The minimum absolute atomic E-state index is 0.0356. The zero-order valence-corrected chi connectivity index (χ0v) is 22.8. The number of hydrogen-bond donors (Lipinski definition) is 4. The van der Waals surface area contributed by atoms with Crippen molar-refractivity contribution in [3.05, 3.63) is 76.6 Å². The van der Waals surface area contributed by atoms with Crippen LogP contribution >= 0.6 is 0 Å². The van der Waals surface area contributed by atoms with Gasteiger partial charge in [-0.2, -0.15) is 0 Å². The number of fused-ring (bicyclic) bond motifs is 1. The lowest BCUT2D eigenvalue weighted by molar-refractivity contribution is -0.128. The number of carbonyl (C=O) groups excluding carboxylic acids is 2. The van der Waals surface area contributed by atoms with Crippen LogP contribution in [0.5, 0.6) is 0 Å². The van der Waals surface area contributed by atoms with E-state index in [1.165, 1.54) is 5.56 Å². The van der Waals surface area contributed by atoms with Crippen molar-refractivity contribution in [2.24, 2.45) is 0 Å². The first-order valence-electron chi connectivity index (χ1n) is 13.7. The maximum absolute atomic E-state index is 12.6. The minimum atomic E-state index is -0.294. The summed E-state index contributed by atoms with van der Waals surface area (Å²) in [4.78, 5) is 24.9. The molecule has 1 heterocycles. The van der Waals surface area contributed by atoms with Crippen molar-refractivity contribution in [3.63, 3.8) is 0 Å². The first-order chi connectivity index (χ1) is 19.1. The van der Waals surface area contributed by atoms with Gasteiger partial charge in [-0.1, -0.05) is 42.3 Å². The van der Waals surface area contributed by atoms with Crippen LogP contribution in [0.2, 0.25) is 0 Å². The maximum atomic E-state index is 12.6. The van der Waals surface area contributed by atoms with E-state index in [4.69, 9.17) is 4.74 Å². The zero-order valence-electron chi connectivity index (χ0n) is 22.8. The van der Waals surface area contributed by atoms with Crippen molar-refractivity contribution < 1.29 is 14.3 Å². The number of amides is 2. The summed E-state index contributed by atoms with van der Waals surface area (Å²) in [5, 5.41) is 20.9. The summed E-state index contributed by atoms with van der Waals surface area (Å²) < 4.78 is 7.93. The minimum Gasteiger partial charge on any atom is -0.362 e. The van der Waals surface area contributed by atoms with Gasteiger partial charge in [0.05, 0.1) is 11.4 Å². The Labute approximate surface area is 229 Å². The van der Waals surface area contributed by atoms with Gasteiger partial charge in [-0.15, -0.1) is 5.10 Å². The topological polar surface area (TPSA) is 122 Å². The largest absolute Gasteiger partial charge is 0.362 e. The molecule has 1 atom stereocenters. The van der Waals surface area contributed by atoms with Gasteiger partial charge in [0, 0.05) is 31.7 Å². The van der Waals surface area contributed by atoms with Gasteiger partial charge in [0.15, 0.2) is 0 Å². The highest BCUT2D eigenvalue weighted by Gasteiger charge is 2.25. The lowest BCUT2D eigenvalue weighted by atomic mass is 9.98. The lowest BCUT2D eigenvalue weighted by Gasteiger charge is -2.20. The van der Waals surface area contributed by atoms with Crippen molar-refractivity contribution in [1.82, 2.24) is 36.3 Å². The van der Waals surface area contributed by atoms with E-state index < -0.39 is 0 Å². The van der Waals surface area contributed by atoms with Gasteiger partial charge in [0.1, 0.15) is 18.4 Å². The Hall–Kier alpha value is -3.60.